The number of hydrogen-bond donors (Lipinski definition) is 2. The van der Waals surface area contributed by atoms with E-state index in [9.17, 15) is 4.79 Å². The smallest absolute Gasteiger partial charge is 0.178 e. The molecule has 3 nitrogen and oxygen atoms in total. The first-order valence-corrected chi connectivity index (χ1v) is 3.13. The molecule has 0 saturated carbocycles. The number of nitrogens with two attached hydrogens (primary N) is 2. The average Bonchev–Trinajstić information content (AvgIpc) is 1.93. The predicted octanol–water partition coefficient (Wildman–Crippen LogP) is -0.138. The van der Waals surface area contributed by atoms with Crippen LogP contribution in [-0.2, 0) is 4.79 Å². The van der Waals surface area contributed by atoms with Crippen LogP contribution in [0.25, 0.3) is 0 Å². The normalized spacial score (nSPS) is 25.8. The molecule has 0 saturated heterocycles. The van der Waals surface area contributed by atoms with Crippen molar-refractivity contribution in [1.29, 1.82) is 0 Å². The van der Waals surface area contributed by atoms with Gasteiger partial charge in [0.15, 0.2) is 5.78 Å². The average molecular weight is 159 g/mol. The molecule has 10 heavy (non-hydrogen) atoms. The van der Waals surface area contributed by atoms with E-state index in [-0.39, 0.29) is 11.5 Å². The van der Waals surface area contributed by atoms with Gasteiger partial charge >= 0.3 is 0 Å². The van der Waals surface area contributed by atoms with E-state index in [0.29, 0.717) is 5.03 Å². The molecule has 1 rings (SSSR count). The maximum absolute atomic E-state index is 10.8. The van der Waals surface area contributed by atoms with Crippen molar-refractivity contribution in [2.24, 2.45) is 11.5 Å². The minimum atomic E-state index is -0.752. The summed E-state index contributed by atoms with van der Waals surface area (Å²) in [6.07, 6.45) is 2.77. The third-order valence-electron chi connectivity index (χ3n) is 1.31. The molecule has 1 atom stereocenters. The van der Waals surface area contributed by atoms with Crippen molar-refractivity contribution in [2.75, 3.05) is 0 Å². The molecular weight excluding hydrogens is 152 g/mol. The molecule has 0 aromatic heterocycles. The lowest BCUT2D eigenvalue weighted by atomic mass is 10.1. The first-order chi connectivity index (χ1) is 4.63. The van der Waals surface area contributed by atoms with Gasteiger partial charge in [0.25, 0.3) is 0 Å². The summed E-state index contributed by atoms with van der Waals surface area (Å²) >= 11 is 5.56. The summed E-state index contributed by atoms with van der Waals surface area (Å²) in [4.78, 5) is 10.8. The van der Waals surface area contributed by atoms with Gasteiger partial charge in [-0.25, -0.2) is 0 Å². The number of carbonyl (C=O) groups is 1. The summed E-state index contributed by atoms with van der Waals surface area (Å²) in [5.74, 6) is -0.207. The molecule has 1 aliphatic rings. The van der Waals surface area contributed by atoms with Gasteiger partial charge in [-0.2, -0.15) is 0 Å². The summed E-state index contributed by atoms with van der Waals surface area (Å²) in [6, 6.07) is -0.752. The van der Waals surface area contributed by atoms with E-state index in [1.165, 1.54) is 12.2 Å². The van der Waals surface area contributed by atoms with Gasteiger partial charge in [-0.1, -0.05) is 11.6 Å². The summed E-state index contributed by atoms with van der Waals surface area (Å²) < 4.78 is 0. The zero-order chi connectivity index (χ0) is 7.72. The van der Waals surface area contributed by atoms with Crippen molar-refractivity contribution in [3.8, 4) is 0 Å². The zero-order valence-corrected chi connectivity index (χ0v) is 5.93. The molecule has 1 unspecified atom stereocenters. The van der Waals surface area contributed by atoms with Gasteiger partial charge in [-0.15, -0.1) is 0 Å². The summed E-state index contributed by atoms with van der Waals surface area (Å²) in [5.41, 5.74) is 11.0. The van der Waals surface area contributed by atoms with Gasteiger partial charge < -0.3 is 11.5 Å². The van der Waals surface area contributed by atoms with E-state index in [0.717, 1.165) is 0 Å². The van der Waals surface area contributed by atoms with Crippen LogP contribution in [0.15, 0.2) is 22.9 Å². The molecule has 0 aromatic carbocycles. The van der Waals surface area contributed by atoms with Crippen LogP contribution in [0.4, 0.5) is 0 Å². The van der Waals surface area contributed by atoms with Crippen molar-refractivity contribution in [1.82, 2.24) is 0 Å². The van der Waals surface area contributed by atoms with Gasteiger partial charge in [-0.05, 0) is 12.2 Å². The Hall–Kier alpha value is -0.800. The molecule has 1 aliphatic carbocycles. The minimum absolute atomic E-state index is 0.207. The highest BCUT2D eigenvalue weighted by Crippen LogP contribution is 2.14. The van der Waals surface area contributed by atoms with Crippen LogP contribution in [-0.4, -0.2) is 11.8 Å². The van der Waals surface area contributed by atoms with E-state index in [1.54, 1.807) is 0 Å². The Labute approximate surface area is 63.3 Å². The highest BCUT2D eigenvalue weighted by molar-refractivity contribution is 6.32. The summed E-state index contributed by atoms with van der Waals surface area (Å²) in [5, 5.41) is 0.354. The van der Waals surface area contributed by atoms with Crippen molar-refractivity contribution in [3.63, 3.8) is 0 Å². The molecule has 4 heteroatoms. The van der Waals surface area contributed by atoms with Gasteiger partial charge in [0.2, 0.25) is 0 Å². The van der Waals surface area contributed by atoms with Gasteiger partial charge in [0.05, 0.1) is 10.7 Å². The SMILES string of the molecule is NC1=C(Cl)C=CC(=O)C1N. The van der Waals surface area contributed by atoms with Crippen molar-refractivity contribution >= 4 is 17.4 Å². The van der Waals surface area contributed by atoms with Crippen LogP contribution in [0.2, 0.25) is 0 Å². The first kappa shape index (κ1) is 7.31. The number of halogens is 1. The number of allylic oxidation sites excluding steroid dienone is 2. The summed E-state index contributed by atoms with van der Waals surface area (Å²) in [6.45, 7) is 0. The standard InChI is InChI=1S/C6H7ClN2O/c7-3-1-2-4(10)6(9)5(3)8/h1-2,6H,8-9H2. The molecule has 0 heterocycles. The Balaban J connectivity index is 2.99. The number of rotatable bonds is 0. The lowest BCUT2D eigenvalue weighted by Crippen LogP contribution is -2.36. The molecule has 4 N–H and O–H groups in total. The summed E-state index contributed by atoms with van der Waals surface area (Å²) in [7, 11) is 0. The quantitative estimate of drug-likeness (QED) is 0.516. The maximum atomic E-state index is 10.8. The number of carbonyl (C=O) groups excluding carboxylic acids is 1. The van der Waals surface area contributed by atoms with Crippen LogP contribution in [0, 0.1) is 0 Å². The topological polar surface area (TPSA) is 69.1 Å². The molecule has 0 spiro atoms. The van der Waals surface area contributed by atoms with Crippen LogP contribution in [0.5, 0.6) is 0 Å². The largest absolute Gasteiger partial charge is 0.399 e. The Morgan fingerprint density at radius 2 is 2.10 bits per heavy atom. The van der Waals surface area contributed by atoms with E-state index < -0.39 is 6.04 Å². The molecular formula is C6H7ClN2O. The fourth-order valence-electron chi connectivity index (χ4n) is 0.657. The second-order valence-corrected chi connectivity index (χ2v) is 2.42. The molecule has 0 amide bonds. The van der Waals surface area contributed by atoms with Crippen LogP contribution >= 0.6 is 11.6 Å². The van der Waals surface area contributed by atoms with E-state index in [4.69, 9.17) is 23.1 Å². The highest BCUT2D eigenvalue weighted by Gasteiger charge is 2.19. The Morgan fingerprint density at radius 3 is 2.60 bits per heavy atom. The van der Waals surface area contributed by atoms with Gasteiger partial charge in [0.1, 0.15) is 6.04 Å². The Bertz CT molecular complexity index is 232. The lowest BCUT2D eigenvalue weighted by molar-refractivity contribution is -0.115. The van der Waals surface area contributed by atoms with Gasteiger partial charge in [0, 0.05) is 0 Å². The van der Waals surface area contributed by atoms with Crippen molar-refractivity contribution < 1.29 is 4.79 Å². The molecule has 0 aliphatic heterocycles. The van der Waals surface area contributed by atoms with E-state index in [2.05, 4.69) is 0 Å². The van der Waals surface area contributed by atoms with Crippen molar-refractivity contribution in [3.05, 3.63) is 22.9 Å². The van der Waals surface area contributed by atoms with E-state index in [1.807, 2.05) is 0 Å². The highest BCUT2D eigenvalue weighted by atomic mass is 35.5. The predicted molar refractivity (Wildman–Crippen MR) is 39.2 cm³/mol. The Kier molecular flexibility index (Phi) is 1.78. The lowest BCUT2D eigenvalue weighted by Gasteiger charge is -2.12. The molecule has 0 fully saturated rings. The monoisotopic (exact) mass is 158 g/mol. The first-order valence-electron chi connectivity index (χ1n) is 2.75. The third kappa shape index (κ3) is 1.05. The molecule has 54 valence electrons. The zero-order valence-electron chi connectivity index (χ0n) is 5.17. The fraction of sp³-hybridized carbons (Fsp3) is 0.167. The number of hydrogen-bond acceptors (Lipinski definition) is 3. The molecule has 0 bridgehead atoms. The number of ketones is 1. The van der Waals surface area contributed by atoms with Crippen LogP contribution in [0.1, 0.15) is 0 Å². The van der Waals surface area contributed by atoms with Gasteiger partial charge in [-0.3, -0.25) is 4.79 Å². The molecule has 0 radical (unpaired) electrons. The maximum Gasteiger partial charge on any atom is 0.178 e. The molecule has 0 aromatic rings. The fourth-order valence-corrected chi connectivity index (χ4v) is 0.838. The Morgan fingerprint density at radius 1 is 1.50 bits per heavy atom. The van der Waals surface area contributed by atoms with Crippen LogP contribution < -0.4 is 11.5 Å². The second-order valence-electron chi connectivity index (χ2n) is 2.02. The third-order valence-corrected chi connectivity index (χ3v) is 1.66. The minimum Gasteiger partial charge on any atom is -0.399 e. The van der Waals surface area contributed by atoms with Crippen molar-refractivity contribution in [2.45, 2.75) is 6.04 Å². The van der Waals surface area contributed by atoms with Crippen LogP contribution in [0.3, 0.4) is 0 Å². The second kappa shape index (κ2) is 2.44. The van der Waals surface area contributed by atoms with E-state index >= 15 is 0 Å².